The third-order valence-electron chi connectivity index (χ3n) is 5.34. The van der Waals surface area contributed by atoms with Gasteiger partial charge in [-0.15, -0.1) is 0 Å². The van der Waals surface area contributed by atoms with Gasteiger partial charge in [0.05, 0.1) is 29.4 Å². The Balaban J connectivity index is 2.03. The summed E-state index contributed by atoms with van der Waals surface area (Å²) < 4.78 is 36.1. The molecule has 0 saturated heterocycles. The van der Waals surface area contributed by atoms with Gasteiger partial charge in [-0.2, -0.15) is 0 Å². The van der Waals surface area contributed by atoms with Crippen LogP contribution >= 0.6 is 0 Å². The van der Waals surface area contributed by atoms with Gasteiger partial charge < -0.3 is 20.3 Å². The normalized spacial score (nSPS) is 12.4. The summed E-state index contributed by atoms with van der Waals surface area (Å²) in [7, 11) is 1.10. The average Bonchev–Trinajstić information content (AvgIpc) is 2.72. The second-order valence-electron chi connectivity index (χ2n) is 7.19. The molecule has 0 atom stereocenters. The molecule has 0 unspecified atom stereocenters. The van der Waals surface area contributed by atoms with Crippen molar-refractivity contribution in [3.63, 3.8) is 0 Å². The molecule has 1 aliphatic rings. The van der Waals surface area contributed by atoms with Crippen molar-refractivity contribution in [2.24, 2.45) is 0 Å². The number of methoxy groups -OCH3 is 1. The van der Waals surface area contributed by atoms with Crippen molar-refractivity contribution in [3.8, 4) is 17.2 Å². The smallest absolute Gasteiger partial charge is 0.201 e. The number of aryl methyl sites for hydroxylation is 2. The summed E-state index contributed by atoms with van der Waals surface area (Å²) in [4.78, 5) is 26.0. The number of para-hydroxylation sites is 1. The van der Waals surface area contributed by atoms with Crippen LogP contribution in [0.5, 0.6) is 17.2 Å². The van der Waals surface area contributed by atoms with Crippen LogP contribution < -0.4 is 10.1 Å². The summed E-state index contributed by atoms with van der Waals surface area (Å²) in [5.74, 6) is -6.57. The number of aromatic hydroxyl groups is 2. The minimum absolute atomic E-state index is 0.458. The number of benzene rings is 3. The highest BCUT2D eigenvalue weighted by Crippen LogP contribution is 2.45. The molecule has 3 N–H and O–H groups in total. The largest absolute Gasteiger partial charge is 0.507 e. The standard InChI is InChI=1S/C23H17F2NO5/c1-9-5-4-6-10(2)19(9)26-20-17(24)15-16(18(25)23(20)31-3)22(30)14-12(28)8-7-11(27)13(14)21(15)29/h4-8,26-28H,1-3H3. The van der Waals surface area contributed by atoms with Crippen LogP contribution in [-0.4, -0.2) is 28.9 Å². The average molecular weight is 425 g/mol. The summed E-state index contributed by atoms with van der Waals surface area (Å²) in [5, 5.41) is 22.9. The Morgan fingerprint density at radius 2 is 1.26 bits per heavy atom. The number of nitrogens with one attached hydrogen (secondary N) is 1. The molecule has 0 bridgehead atoms. The lowest BCUT2D eigenvalue weighted by molar-refractivity contribution is 0.0966. The molecule has 0 aliphatic heterocycles. The SMILES string of the molecule is COc1c(F)c2c(c(F)c1Nc1c(C)cccc1C)C(=O)c1c(O)ccc(O)c1C2=O. The lowest BCUT2D eigenvalue weighted by Crippen LogP contribution is -2.25. The van der Waals surface area contributed by atoms with E-state index in [1.807, 2.05) is 0 Å². The van der Waals surface area contributed by atoms with E-state index in [9.17, 15) is 19.8 Å². The number of hydrogen-bond donors (Lipinski definition) is 3. The zero-order valence-corrected chi connectivity index (χ0v) is 16.8. The third kappa shape index (κ3) is 2.83. The third-order valence-corrected chi connectivity index (χ3v) is 5.34. The first-order valence-electron chi connectivity index (χ1n) is 9.25. The van der Waals surface area contributed by atoms with Crippen molar-refractivity contribution < 1.29 is 33.3 Å². The zero-order chi connectivity index (χ0) is 22.6. The highest BCUT2D eigenvalue weighted by molar-refractivity contribution is 6.31. The molecule has 0 heterocycles. The molecule has 3 aromatic carbocycles. The number of anilines is 2. The zero-order valence-electron chi connectivity index (χ0n) is 16.8. The van der Waals surface area contributed by atoms with Crippen molar-refractivity contribution in [2.45, 2.75) is 13.8 Å². The van der Waals surface area contributed by atoms with Gasteiger partial charge in [0.2, 0.25) is 11.6 Å². The Bertz CT molecular complexity index is 1280. The number of fused-ring (bicyclic) bond motifs is 2. The van der Waals surface area contributed by atoms with Crippen LogP contribution in [0.25, 0.3) is 0 Å². The molecular formula is C23H17F2NO5. The Labute approximate surface area is 175 Å². The number of ketones is 2. The maximum Gasteiger partial charge on any atom is 0.201 e. The molecule has 0 aromatic heterocycles. The van der Waals surface area contributed by atoms with E-state index in [1.54, 1.807) is 32.0 Å². The Hall–Kier alpha value is -3.94. The molecule has 3 aromatic rings. The van der Waals surface area contributed by atoms with Gasteiger partial charge in [-0.05, 0) is 37.1 Å². The van der Waals surface area contributed by atoms with E-state index in [0.29, 0.717) is 5.69 Å². The van der Waals surface area contributed by atoms with E-state index in [4.69, 9.17) is 4.74 Å². The van der Waals surface area contributed by atoms with Gasteiger partial charge in [-0.3, -0.25) is 9.59 Å². The number of carbonyl (C=O) groups is 2. The van der Waals surface area contributed by atoms with Crippen LogP contribution in [0.3, 0.4) is 0 Å². The van der Waals surface area contributed by atoms with Crippen molar-refractivity contribution in [1.29, 1.82) is 0 Å². The fourth-order valence-corrected chi connectivity index (χ4v) is 3.82. The molecule has 0 radical (unpaired) electrons. The molecule has 1 aliphatic carbocycles. The maximum absolute atomic E-state index is 15.7. The predicted octanol–water partition coefficient (Wildman–Crippen LogP) is 4.52. The quantitative estimate of drug-likeness (QED) is 0.418. The molecule has 4 rings (SSSR count). The minimum Gasteiger partial charge on any atom is -0.507 e. The van der Waals surface area contributed by atoms with Gasteiger partial charge in [0.25, 0.3) is 0 Å². The number of hydrogen-bond acceptors (Lipinski definition) is 6. The number of halogens is 2. The Kier molecular flexibility index (Phi) is 4.65. The van der Waals surface area contributed by atoms with Gasteiger partial charge in [-0.1, -0.05) is 18.2 Å². The van der Waals surface area contributed by atoms with Gasteiger partial charge in [0, 0.05) is 5.69 Å². The van der Waals surface area contributed by atoms with Crippen LogP contribution in [0.2, 0.25) is 0 Å². The molecule has 6 nitrogen and oxygen atoms in total. The molecule has 0 amide bonds. The second kappa shape index (κ2) is 7.09. The molecule has 0 fully saturated rings. The first kappa shape index (κ1) is 20.3. The Morgan fingerprint density at radius 3 is 1.74 bits per heavy atom. The number of phenolic OH excluding ortho intramolecular Hbond substituents is 2. The van der Waals surface area contributed by atoms with E-state index < -0.39 is 68.4 Å². The summed E-state index contributed by atoms with van der Waals surface area (Å²) in [6.45, 7) is 3.53. The van der Waals surface area contributed by atoms with Crippen LogP contribution in [0.1, 0.15) is 43.0 Å². The van der Waals surface area contributed by atoms with E-state index in [1.165, 1.54) is 0 Å². The highest BCUT2D eigenvalue weighted by Gasteiger charge is 2.41. The number of phenols is 2. The van der Waals surface area contributed by atoms with Gasteiger partial charge in [-0.25, -0.2) is 8.78 Å². The first-order chi connectivity index (χ1) is 14.7. The van der Waals surface area contributed by atoms with E-state index in [-0.39, 0.29) is 0 Å². The van der Waals surface area contributed by atoms with Gasteiger partial charge >= 0.3 is 0 Å². The van der Waals surface area contributed by atoms with Gasteiger partial charge in [0.1, 0.15) is 17.2 Å². The number of carbonyl (C=O) groups excluding carboxylic acids is 2. The summed E-state index contributed by atoms with van der Waals surface area (Å²) >= 11 is 0. The topological polar surface area (TPSA) is 95.9 Å². The molecule has 0 saturated carbocycles. The van der Waals surface area contributed by atoms with E-state index >= 15 is 8.78 Å². The highest BCUT2D eigenvalue weighted by atomic mass is 19.1. The van der Waals surface area contributed by atoms with Crippen molar-refractivity contribution >= 4 is 22.9 Å². The van der Waals surface area contributed by atoms with Crippen LogP contribution in [0.4, 0.5) is 20.2 Å². The lowest BCUT2D eigenvalue weighted by atomic mass is 9.82. The fraction of sp³-hybridized carbons (Fsp3) is 0.130. The van der Waals surface area contributed by atoms with Crippen molar-refractivity contribution in [2.75, 3.05) is 12.4 Å². The van der Waals surface area contributed by atoms with Crippen LogP contribution in [0.15, 0.2) is 30.3 Å². The minimum atomic E-state index is -1.25. The molecule has 158 valence electrons. The molecule has 8 heteroatoms. The maximum atomic E-state index is 15.7. The van der Waals surface area contributed by atoms with Gasteiger partial charge in [0.15, 0.2) is 17.4 Å². The Morgan fingerprint density at radius 1 is 0.774 bits per heavy atom. The summed E-state index contributed by atoms with van der Waals surface area (Å²) in [6, 6.07) is 7.32. The molecular weight excluding hydrogens is 408 g/mol. The van der Waals surface area contributed by atoms with Crippen LogP contribution in [-0.2, 0) is 0 Å². The monoisotopic (exact) mass is 425 g/mol. The lowest BCUT2D eigenvalue weighted by Gasteiger charge is -2.24. The van der Waals surface area contributed by atoms with Crippen LogP contribution in [0, 0.1) is 25.5 Å². The van der Waals surface area contributed by atoms with E-state index in [2.05, 4.69) is 5.32 Å². The fourth-order valence-electron chi connectivity index (χ4n) is 3.82. The molecule has 0 spiro atoms. The second-order valence-corrected chi connectivity index (χ2v) is 7.19. The van der Waals surface area contributed by atoms with Crippen molar-refractivity contribution in [1.82, 2.24) is 0 Å². The predicted molar refractivity (Wildman–Crippen MR) is 109 cm³/mol. The van der Waals surface area contributed by atoms with E-state index in [0.717, 1.165) is 30.4 Å². The number of rotatable bonds is 3. The van der Waals surface area contributed by atoms with Crippen molar-refractivity contribution in [3.05, 3.63) is 75.3 Å². The summed E-state index contributed by atoms with van der Waals surface area (Å²) in [6.07, 6.45) is 0. The molecule has 31 heavy (non-hydrogen) atoms. The number of ether oxygens (including phenoxy) is 1. The first-order valence-corrected chi connectivity index (χ1v) is 9.25. The summed E-state index contributed by atoms with van der Waals surface area (Å²) in [5.41, 5.74) is -1.39.